The summed E-state index contributed by atoms with van der Waals surface area (Å²) in [6, 6.07) is -0.452. The minimum Gasteiger partial charge on any atom is -0.467 e. The van der Waals surface area contributed by atoms with Gasteiger partial charge in [-0.15, -0.1) is 0 Å². The average molecular weight is 228 g/mol. The van der Waals surface area contributed by atoms with E-state index in [1.165, 1.54) is 7.11 Å². The number of methoxy groups -OCH3 is 1. The Labute approximate surface area is 95.9 Å². The third kappa shape index (κ3) is 2.35. The van der Waals surface area contributed by atoms with E-state index in [-0.39, 0.29) is 11.9 Å². The lowest BCUT2D eigenvalue weighted by Crippen LogP contribution is -2.55. The molecule has 1 heterocycles. The first-order valence-electron chi connectivity index (χ1n) is 5.61. The van der Waals surface area contributed by atoms with Crippen LogP contribution < -0.4 is 5.73 Å². The van der Waals surface area contributed by atoms with E-state index in [1.807, 2.05) is 6.92 Å². The monoisotopic (exact) mass is 228 g/mol. The number of ether oxygens (including phenoxy) is 1. The Kier molecular flexibility index (Phi) is 3.91. The standard InChI is InChI=1S/C11H20N2O3/c1-4-11(2,12)10(15)13-7-5-6-8(13)9(14)16-3/h8H,4-7,12H2,1-3H3. The molecular formula is C11H20N2O3. The van der Waals surface area contributed by atoms with Gasteiger partial charge in [0.05, 0.1) is 12.6 Å². The highest BCUT2D eigenvalue weighted by atomic mass is 16.5. The second-order valence-corrected chi connectivity index (χ2v) is 4.45. The first kappa shape index (κ1) is 13.0. The molecule has 1 fully saturated rings. The van der Waals surface area contributed by atoms with Crippen molar-refractivity contribution < 1.29 is 14.3 Å². The average Bonchev–Trinajstić information content (AvgIpc) is 2.75. The summed E-state index contributed by atoms with van der Waals surface area (Å²) in [4.78, 5) is 25.2. The van der Waals surface area contributed by atoms with Gasteiger partial charge in [-0.2, -0.15) is 0 Å². The lowest BCUT2D eigenvalue weighted by Gasteiger charge is -2.31. The van der Waals surface area contributed by atoms with E-state index in [2.05, 4.69) is 4.74 Å². The molecule has 0 aromatic rings. The molecule has 2 N–H and O–H groups in total. The van der Waals surface area contributed by atoms with Crippen LogP contribution in [0.3, 0.4) is 0 Å². The van der Waals surface area contributed by atoms with E-state index < -0.39 is 11.6 Å². The smallest absolute Gasteiger partial charge is 0.328 e. The van der Waals surface area contributed by atoms with Crippen molar-refractivity contribution in [3.05, 3.63) is 0 Å². The Bertz CT molecular complexity index is 289. The normalized spacial score (nSPS) is 24.0. The van der Waals surface area contributed by atoms with Crippen molar-refractivity contribution in [3.8, 4) is 0 Å². The van der Waals surface area contributed by atoms with E-state index in [9.17, 15) is 9.59 Å². The highest BCUT2D eigenvalue weighted by Crippen LogP contribution is 2.22. The lowest BCUT2D eigenvalue weighted by atomic mass is 9.98. The molecule has 1 saturated heterocycles. The van der Waals surface area contributed by atoms with Gasteiger partial charge >= 0.3 is 5.97 Å². The van der Waals surface area contributed by atoms with Gasteiger partial charge in [0.1, 0.15) is 6.04 Å². The van der Waals surface area contributed by atoms with Gasteiger partial charge in [-0.1, -0.05) is 6.92 Å². The molecule has 0 aromatic carbocycles. The maximum absolute atomic E-state index is 12.1. The molecule has 0 aliphatic carbocycles. The molecule has 0 aromatic heterocycles. The number of rotatable bonds is 3. The SMILES string of the molecule is CCC(C)(N)C(=O)N1CCCC1C(=O)OC. The summed E-state index contributed by atoms with van der Waals surface area (Å²) in [7, 11) is 1.34. The Morgan fingerprint density at radius 1 is 1.56 bits per heavy atom. The van der Waals surface area contributed by atoms with Crippen LogP contribution >= 0.6 is 0 Å². The highest BCUT2D eigenvalue weighted by Gasteiger charge is 2.40. The minimum atomic E-state index is -0.892. The van der Waals surface area contributed by atoms with Crippen LogP contribution in [0.4, 0.5) is 0 Å². The van der Waals surface area contributed by atoms with Crippen LogP contribution in [-0.4, -0.2) is 42.0 Å². The van der Waals surface area contributed by atoms with E-state index >= 15 is 0 Å². The molecule has 16 heavy (non-hydrogen) atoms. The van der Waals surface area contributed by atoms with Gasteiger partial charge in [0.25, 0.3) is 0 Å². The number of carbonyl (C=O) groups excluding carboxylic acids is 2. The van der Waals surface area contributed by atoms with Crippen LogP contribution in [0.2, 0.25) is 0 Å². The minimum absolute atomic E-state index is 0.164. The molecule has 1 aliphatic rings. The predicted octanol–water partition coefficient (Wildman–Crippen LogP) is 0.278. The summed E-state index contributed by atoms with van der Waals surface area (Å²) in [5.74, 6) is -0.513. The first-order chi connectivity index (χ1) is 7.44. The fourth-order valence-electron chi connectivity index (χ4n) is 1.87. The molecule has 0 radical (unpaired) electrons. The molecule has 0 saturated carbocycles. The second-order valence-electron chi connectivity index (χ2n) is 4.45. The number of carbonyl (C=O) groups is 2. The Balaban J connectivity index is 2.79. The van der Waals surface area contributed by atoms with E-state index in [4.69, 9.17) is 5.73 Å². The zero-order valence-electron chi connectivity index (χ0n) is 10.2. The summed E-state index contributed by atoms with van der Waals surface area (Å²) in [5, 5.41) is 0. The van der Waals surface area contributed by atoms with Gasteiger partial charge in [-0.3, -0.25) is 4.79 Å². The molecule has 2 atom stereocenters. The van der Waals surface area contributed by atoms with Gasteiger partial charge in [-0.05, 0) is 26.2 Å². The summed E-state index contributed by atoms with van der Waals surface area (Å²) in [6.07, 6.45) is 2.04. The molecule has 5 nitrogen and oxygen atoms in total. The van der Waals surface area contributed by atoms with Crippen molar-refractivity contribution in [2.24, 2.45) is 5.73 Å². The molecule has 2 unspecified atom stereocenters. The fraction of sp³-hybridized carbons (Fsp3) is 0.818. The number of esters is 1. The largest absolute Gasteiger partial charge is 0.467 e. The molecule has 1 aliphatic heterocycles. The Morgan fingerprint density at radius 3 is 2.69 bits per heavy atom. The number of nitrogens with two attached hydrogens (primary N) is 1. The van der Waals surface area contributed by atoms with Gasteiger partial charge < -0.3 is 15.4 Å². The summed E-state index contributed by atoms with van der Waals surface area (Å²) >= 11 is 0. The van der Waals surface area contributed by atoms with Gasteiger partial charge in [0.2, 0.25) is 5.91 Å². The lowest BCUT2D eigenvalue weighted by molar-refractivity contribution is -0.152. The van der Waals surface area contributed by atoms with Crippen LogP contribution in [0.1, 0.15) is 33.1 Å². The molecule has 1 rings (SSSR count). The van der Waals surface area contributed by atoms with Gasteiger partial charge in [-0.25, -0.2) is 4.79 Å². The number of amides is 1. The maximum atomic E-state index is 12.1. The van der Waals surface area contributed by atoms with Crippen molar-refractivity contribution >= 4 is 11.9 Å². The molecule has 1 amide bonds. The van der Waals surface area contributed by atoms with Crippen LogP contribution in [0, 0.1) is 0 Å². The van der Waals surface area contributed by atoms with E-state index in [0.717, 1.165) is 6.42 Å². The number of hydrogen-bond acceptors (Lipinski definition) is 4. The molecule has 92 valence electrons. The van der Waals surface area contributed by atoms with Crippen molar-refractivity contribution in [2.45, 2.75) is 44.7 Å². The van der Waals surface area contributed by atoms with Gasteiger partial charge in [0.15, 0.2) is 0 Å². The predicted molar refractivity (Wildman–Crippen MR) is 59.6 cm³/mol. The van der Waals surface area contributed by atoms with Crippen LogP contribution in [-0.2, 0) is 14.3 Å². The third-order valence-electron chi connectivity index (χ3n) is 3.21. The second kappa shape index (κ2) is 4.82. The molecule has 0 spiro atoms. The zero-order chi connectivity index (χ0) is 12.3. The van der Waals surface area contributed by atoms with Gasteiger partial charge in [0, 0.05) is 6.54 Å². The number of likely N-dealkylation sites (tertiary alicyclic amines) is 1. The fourth-order valence-corrected chi connectivity index (χ4v) is 1.87. The van der Waals surface area contributed by atoms with Crippen LogP contribution in [0.5, 0.6) is 0 Å². The van der Waals surface area contributed by atoms with Crippen molar-refractivity contribution in [2.75, 3.05) is 13.7 Å². The first-order valence-corrected chi connectivity index (χ1v) is 5.61. The topological polar surface area (TPSA) is 72.6 Å². The number of hydrogen-bond donors (Lipinski definition) is 1. The van der Waals surface area contributed by atoms with Crippen molar-refractivity contribution in [1.29, 1.82) is 0 Å². The van der Waals surface area contributed by atoms with E-state index in [0.29, 0.717) is 19.4 Å². The highest BCUT2D eigenvalue weighted by molar-refractivity contribution is 5.90. The Morgan fingerprint density at radius 2 is 2.19 bits per heavy atom. The zero-order valence-corrected chi connectivity index (χ0v) is 10.2. The van der Waals surface area contributed by atoms with E-state index in [1.54, 1.807) is 11.8 Å². The molecule has 5 heteroatoms. The summed E-state index contributed by atoms with van der Waals surface area (Å²) in [6.45, 7) is 4.15. The summed E-state index contributed by atoms with van der Waals surface area (Å²) < 4.78 is 4.69. The van der Waals surface area contributed by atoms with Crippen molar-refractivity contribution in [3.63, 3.8) is 0 Å². The Hall–Kier alpha value is -1.10. The third-order valence-corrected chi connectivity index (χ3v) is 3.21. The molecule has 0 bridgehead atoms. The van der Waals surface area contributed by atoms with Crippen LogP contribution in [0.15, 0.2) is 0 Å². The molecular weight excluding hydrogens is 208 g/mol. The quantitative estimate of drug-likeness (QED) is 0.704. The van der Waals surface area contributed by atoms with Crippen molar-refractivity contribution in [1.82, 2.24) is 4.90 Å². The van der Waals surface area contributed by atoms with Crippen LogP contribution in [0.25, 0.3) is 0 Å². The number of nitrogens with zero attached hydrogens (tertiary/aromatic N) is 1. The maximum Gasteiger partial charge on any atom is 0.328 e. The summed E-state index contributed by atoms with van der Waals surface area (Å²) in [5.41, 5.74) is 5.01.